The van der Waals surface area contributed by atoms with Gasteiger partial charge in [0.15, 0.2) is 0 Å². The van der Waals surface area contributed by atoms with E-state index in [0.717, 1.165) is 24.1 Å². The molecule has 1 aliphatic carbocycles. The van der Waals surface area contributed by atoms with Gasteiger partial charge in [0.2, 0.25) is 5.91 Å². The molecule has 0 bridgehead atoms. The first-order valence-corrected chi connectivity index (χ1v) is 8.32. The number of benzene rings is 1. The average molecular weight is 317 g/mol. The van der Waals surface area contributed by atoms with Crippen molar-refractivity contribution >= 4 is 17.5 Å². The average Bonchev–Trinajstić information content (AvgIpc) is 3.30. The van der Waals surface area contributed by atoms with Gasteiger partial charge in [-0.15, -0.1) is 0 Å². The monoisotopic (exact) mass is 317 g/mol. The van der Waals surface area contributed by atoms with Crippen LogP contribution >= 0.6 is 0 Å². The number of rotatable bonds is 7. The van der Waals surface area contributed by atoms with Crippen molar-refractivity contribution in [3.8, 4) is 0 Å². The molecule has 0 aromatic heterocycles. The molecule has 126 valence electrons. The maximum Gasteiger partial charge on any atom is 0.252 e. The van der Waals surface area contributed by atoms with Crippen LogP contribution in [0.1, 0.15) is 49.5 Å². The fourth-order valence-electron chi connectivity index (χ4n) is 2.21. The molecule has 1 saturated carbocycles. The quantitative estimate of drug-likeness (QED) is 0.723. The largest absolute Gasteiger partial charge is 0.382 e. The minimum absolute atomic E-state index is 0.0226. The van der Waals surface area contributed by atoms with E-state index in [0.29, 0.717) is 23.6 Å². The molecule has 5 heteroatoms. The Morgan fingerprint density at radius 3 is 2.52 bits per heavy atom. The summed E-state index contributed by atoms with van der Waals surface area (Å²) in [7, 11) is 0. The summed E-state index contributed by atoms with van der Waals surface area (Å²) >= 11 is 0. The molecule has 0 unspecified atom stereocenters. The number of carbonyl (C=O) groups excluding carboxylic acids is 2. The van der Waals surface area contributed by atoms with Gasteiger partial charge in [-0.05, 0) is 50.3 Å². The van der Waals surface area contributed by atoms with E-state index in [1.54, 1.807) is 6.07 Å². The Balaban J connectivity index is 1.97. The first-order valence-electron chi connectivity index (χ1n) is 8.32. The van der Waals surface area contributed by atoms with Gasteiger partial charge in [-0.2, -0.15) is 0 Å². The van der Waals surface area contributed by atoms with Gasteiger partial charge in [-0.3, -0.25) is 9.59 Å². The van der Waals surface area contributed by atoms with Crippen molar-refractivity contribution in [2.24, 2.45) is 5.92 Å². The summed E-state index contributed by atoms with van der Waals surface area (Å²) in [5.41, 5.74) is 2.46. The zero-order chi connectivity index (χ0) is 17.0. The van der Waals surface area contributed by atoms with Crippen molar-refractivity contribution < 1.29 is 9.59 Å². The zero-order valence-electron chi connectivity index (χ0n) is 14.4. The second-order valence-electron chi connectivity index (χ2n) is 6.68. The van der Waals surface area contributed by atoms with Crippen LogP contribution in [0.2, 0.25) is 0 Å². The second kappa shape index (κ2) is 7.49. The number of hydrogen-bond donors (Lipinski definition) is 3. The lowest BCUT2D eigenvalue weighted by Gasteiger charge is -2.21. The smallest absolute Gasteiger partial charge is 0.252 e. The Morgan fingerprint density at radius 1 is 1.22 bits per heavy atom. The maximum atomic E-state index is 12.3. The zero-order valence-corrected chi connectivity index (χ0v) is 14.4. The first-order chi connectivity index (χ1) is 10.9. The predicted octanol–water partition coefficient (Wildman–Crippen LogP) is 2.46. The van der Waals surface area contributed by atoms with Crippen LogP contribution in [0.5, 0.6) is 0 Å². The van der Waals surface area contributed by atoms with Gasteiger partial charge < -0.3 is 16.0 Å². The van der Waals surface area contributed by atoms with Gasteiger partial charge in [-0.1, -0.05) is 19.9 Å². The molecule has 1 aromatic rings. The third kappa shape index (κ3) is 4.98. The lowest BCUT2D eigenvalue weighted by molar-refractivity contribution is -0.120. The van der Waals surface area contributed by atoms with Crippen molar-refractivity contribution in [3.05, 3.63) is 29.3 Å². The van der Waals surface area contributed by atoms with E-state index in [1.807, 2.05) is 19.1 Å². The van der Waals surface area contributed by atoms with Gasteiger partial charge in [0.25, 0.3) is 5.91 Å². The fraction of sp³-hybridized carbons (Fsp3) is 0.556. The van der Waals surface area contributed by atoms with Crippen molar-refractivity contribution in [1.29, 1.82) is 0 Å². The SMILES string of the molecule is Cc1c(N[C@@H](C)C(C)C)cccc1C(=O)NCC(=O)NC1CC1. The molecular weight excluding hydrogens is 290 g/mol. The molecule has 3 N–H and O–H groups in total. The van der Waals surface area contributed by atoms with Crippen LogP contribution in [0.15, 0.2) is 18.2 Å². The van der Waals surface area contributed by atoms with Crippen molar-refractivity contribution in [2.45, 2.75) is 52.6 Å². The van der Waals surface area contributed by atoms with E-state index < -0.39 is 0 Å². The van der Waals surface area contributed by atoms with Gasteiger partial charge >= 0.3 is 0 Å². The maximum absolute atomic E-state index is 12.3. The van der Waals surface area contributed by atoms with Crippen LogP contribution in [-0.4, -0.2) is 30.4 Å². The summed E-state index contributed by atoms with van der Waals surface area (Å²) in [6, 6.07) is 6.25. The molecule has 0 aliphatic heterocycles. The highest BCUT2D eigenvalue weighted by Crippen LogP contribution is 2.21. The minimum Gasteiger partial charge on any atom is -0.382 e. The Labute approximate surface area is 138 Å². The molecular formula is C18H27N3O2. The fourth-order valence-corrected chi connectivity index (χ4v) is 2.21. The Morgan fingerprint density at radius 2 is 1.91 bits per heavy atom. The number of anilines is 1. The van der Waals surface area contributed by atoms with E-state index in [1.165, 1.54) is 0 Å². The molecule has 0 spiro atoms. The van der Waals surface area contributed by atoms with E-state index in [9.17, 15) is 9.59 Å². The van der Waals surface area contributed by atoms with Crippen molar-refractivity contribution in [2.75, 3.05) is 11.9 Å². The molecule has 0 heterocycles. The summed E-state index contributed by atoms with van der Waals surface area (Å²) < 4.78 is 0. The molecule has 1 atom stereocenters. The summed E-state index contributed by atoms with van der Waals surface area (Å²) in [5.74, 6) is 0.161. The second-order valence-corrected chi connectivity index (χ2v) is 6.68. The van der Waals surface area contributed by atoms with E-state index >= 15 is 0 Å². The Kier molecular flexibility index (Phi) is 5.64. The molecule has 2 amide bonds. The van der Waals surface area contributed by atoms with Crippen LogP contribution in [0.25, 0.3) is 0 Å². The van der Waals surface area contributed by atoms with Crippen molar-refractivity contribution in [3.63, 3.8) is 0 Å². The van der Waals surface area contributed by atoms with Crippen LogP contribution in [0, 0.1) is 12.8 Å². The molecule has 0 saturated heterocycles. The van der Waals surface area contributed by atoms with Gasteiger partial charge in [0.1, 0.15) is 0 Å². The van der Waals surface area contributed by atoms with Crippen LogP contribution in [-0.2, 0) is 4.79 Å². The molecule has 23 heavy (non-hydrogen) atoms. The number of carbonyl (C=O) groups is 2. The van der Waals surface area contributed by atoms with E-state index in [4.69, 9.17) is 0 Å². The highest BCUT2D eigenvalue weighted by Gasteiger charge is 2.23. The number of nitrogens with one attached hydrogen (secondary N) is 3. The van der Waals surface area contributed by atoms with E-state index in [-0.39, 0.29) is 18.4 Å². The van der Waals surface area contributed by atoms with Crippen LogP contribution in [0.4, 0.5) is 5.69 Å². The minimum atomic E-state index is -0.214. The topological polar surface area (TPSA) is 70.2 Å². The molecule has 0 radical (unpaired) electrons. The van der Waals surface area contributed by atoms with Crippen LogP contribution in [0.3, 0.4) is 0 Å². The summed E-state index contributed by atoms with van der Waals surface area (Å²) in [4.78, 5) is 24.0. The highest BCUT2D eigenvalue weighted by molar-refractivity contribution is 5.98. The lowest BCUT2D eigenvalue weighted by Crippen LogP contribution is -2.38. The summed E-state index contributed by atoms with van der Waals surface area (Å²) in [6.45, 7) is 8.38. The summed E-state index contributed by atoms with van der Waals surface area (Å²) in [5, 5.41) is 9.00. The third-order valence-corrected chi connectivity index (χ3v) is 4.31. The van der Waals surface area contributed by atoms with Gasteiger partial charge in [-0.25, -0.2) is 0 Å². The molecule has 5 nitrogen and oxygen atoms in total. The normalized spacial score (nSPS) is 15.2. The first kappa shape index (κ1) is 17.3. The molecule has 1 fully saturated rings. The summed E-state index contributed by atoms with van der Waals surface area (Å²) in [6.07, 6.45) is 2.08. The van der Waals surface area contributed by atoms with Gasteiger partial charge in [0.05, 0.1) is 6.54 Å². The van der Waals surface area contributed by atoms with E-state index in [2.05, 4.69) is 36.7 Å². The Bertz CT molecular complexity index is 580. The number of amides is 2. The number of hydrogen-bond acceptors (Lipinski definition) is 3. The third-order valence-electron chi connectivity index (χ3n) is 4.31. The highest BCUT2D eigenvalue weighted by atomic mass is 16.2. The molecule has 2 rings (SSSR count). The molecule has 1 aliphatic rings. The Hall–Kier alpha value is -2.04. The predicted molar refractivity (Wildman–Crippen MR) is 92.6 cm³/mol. The lowest BCUT2D eigenvalue weighted by atomic mass is 10.0. The van der Waals surface area contributed by atoms with Crippen LogP contribution < -0.4 is 16.0 Å². The van der Waals surface area contributed by atoms with Crippen molar-refractivity contribution in [1.82, 2.24) is 10.6 Å². The van der Waals surface area contributed by atoms with Gasteiger partial charge in [0, 0.05) is 23.3 Å². The standard InChI is InChI=1S/C18H27N3O2/c1-11(2)13(4)20-16-7-5-6-15(12(16)3)18(23)19-10-17(22)21-14-8-9-14/h5-7,11,13-14,20H,8-10H2,1-4H3,(H,19,23)(H,21,22)/t13-/m0/s1. The molecule has 1 aromatic carbocycles.